The van der Waals surface area contributed by atoms with E-state index in [1.54, 1.807) is 34.3 Å². The van der Waals surface area contributed by atoms with Gasteiger partial charge in [0.25, 0.3) is 0 Å². The first-order chi connectivity index (χ1) is 16.5. The standard InChI is InChI=1S/C25H31F2N3O4/c1-34-24-10-6-20(17-22(24)27)23-9-11-25(33)29(30(23)18-28(13-15-31)14-16-32)12-2-3-19-4-7-21(26)8-5-19/h4-10,17,31-32H,2-3,11-16,18H2,1H3. The second-order valence-electron chi connectivity index (χ2n) is 8.00. The van der Waals surface area contributed by atoms with Crippen molar-refractivity contribution in [2.24, 2.45) is 0 Å². The topological polar surface area (TPSA) is 76.5 Å². The molecule has 0 unspecified atom stereocenters. The highest BCUT2D eigenvalue weighted by Gasteiger charge is 2.29. The molecule has 2 N–H and O–H groups in total. The number of nitrogens with zero attached hydrogens (tertiary/aromatic N) is 3. The maximum atomic E-state index is 14.5. The fourth-order valence-electron chi connectivity index (χ4n) is 3.96. The van der Waals surface area contributed by atoms with Crippen LogP contribution in [0, 0.1) is 11.6 Å². The molecule has 34 heavy (non-hydrogen) atoms. The van der Waals surface area contributed by atoms with Gasteiger partial charge < -0.3 is 14.9 Å². The third-order valence-electron chi connectivity index (χ3n) is 5.69. The lowest BCUT2D eigenvalue weighted by Gasteiger charge is -2.43. The number of hydrazine groups is 1. The number of halogens is 2. The Labute approximate surface area is 198 Å². The van der Waals surface area contributed by atoms with Crippen molar-refractivity contribution in [3.05, 3.63) is 71.3 Å². The predicted octanol–water partition coefficient (Wildman–Crippen LogP) is 2.64. The van der Waals surface area contributed by atoms with Crippen molar-refractivity contribution in [2.75, 3.05) is 46.6 Å². The van der Waals surface area contributed by atoms with Crippen LogP contribution in [0.2, 0.25) is 0 Å². The Balaban J connectivity index is 1.85. The summed E-state index contributed by atoms with van der Waals surface area (Å²) >= 11 is 0. The molecule has 1 amide bonds. The molecule has 0 saturated heterocycles. The number of aliphatic hydroxyl groups excluding tert-OH is 2. The molecular weight excluding hydrogens is 444 g/mol. The van der Waals surface area contributed by atoms with Crippen molar-refractivity contribution in [3.63, 3.8) is 0 Å². The molecule has 0 radical (unpaired) electrons. The highest BCUT2D eigenvalue weighted by atomic mass is 19.1. The molecule has 0 spiro atoms. The van der Waals surface area contributed by atoms with Gasteiger partial charge in [-0.2, -0.15) is 0 Å². The summed E-state index contributed by atoms with van der Waals surface area (Å²) in [4.78, 5) is 14.7. The third kappa shape index (κ3) is 6.53. The van der Waals surface area contributed by atoms with Gasteiger partial charge in [-0.05, 0) is 54.8 Å². The van der Waals surface area contributed by atoms with Crippen LogP contribution >= 0.6 is 0 Å². The highest BCUT2D eigenvalue weighted by Crippen LogP contribution is 2.30. The van der Waals surface area contributed by atoms with E-state index >= 15 is 0 Å². The Bertz CT molecular complexity index is 979. The van der Waals surface area contributed by atoms with Gasteiger partial charge in [0.05, 0.1) is 32.7 Å². The van der Waals surface area contributed by atoms with Gasteiger partial charge in [-0.1, -0.05) is 12.1 Å². The zero-order chi connectivity index (χ0) is 24.5. The van der Waals surface area contributed by atoms with Crippen LogP contribution in [0.4, 0.5) is 8.78 Å². The van der Waals surface area contributed by atoms with Crippen LogP contribution in [-0.4, -0.2) is 77.7 Å². The number of aryl methyl sites for hydroxylation is 1. The summed E-state index contributed by atoms with van der Waals surface area (Å²) in [5.41, 5.74) is 2.21. The Morgan fingerprint density at radius 2 is 1.74 bits per heavy atom. The van der Waals surface area contributed by atoms with E-state index in [1.165, 1.54) is 31.4 Å². The van der Waals surface area contributed by atoms with Gasteiger partial charge in [-0.25, -0.2) is 8.78 Å². The second kappa shape index (κ2) is 12.5. The van der Waals surface area contributed by atoms with Crippen LogP contribution in [0.15, 0.2) is 48.5 Å². The van der Waals surface area contributed by atoms with Gasteiger partial charge in [-0.15, -0.1) is 0 Å². The Kier molecular flexibility index (Phi) is 9.38. The molecule has 184 valence electrons. The molecule has 3 rings (SSSR count). The SMILES string of the molecule is COc1ccc(C2=CCC(=O)N(CCCc3ccc(F)cc3)N2CN(CCO)CCO)cc1F. The first-order valence-corrected chi connectivity index (χ1v) is 11.3. The molecule has 1 aliphatic heterocycles. The van der Waals surface area contributed by atoms with E-state index in [0.29, 0.717) is 43.7 Å². The van der Waals surface area contributed by atoms with E-state index in [0.717, 1.165) is 5.56 Å². The normalized spacial score (nSPS) is 14.1. The summed E-state index contributed by atoms with van der Waals surface area (Å²) in [6.07, 6.45) is 3.22. The first kappa shape index (κ1) is 25.6. The average molecular weight is 476 g/mol. The lowest BCUT2D eigenvalue weighted by Crippen LogP contribution is -2.53. The number of hydrogen-bond acceptors (Lipinski definition) is 6. The molecule has 0 saturated carbocycles. The van der Waals surface area contributed by atoms with Gasteiger partial charge in [0.2, 0.25) is 5.91 Å². The number of hydrogen-bond donors (Lipinski definition) is 2. The summed E-state index contributed by atoms with van der Waals surface area (Å²) in [6.45, 7) is 1.02. The molecule has 0 aliphatic carbocycles. The van der Waals surface area contributed by atoms with E-state index in [-0.39, 0.29) is 43.8 Å². The van der Waals surface area contributed by atoms with E-state index in [1.807, 2.05) is 4.90 Å². The number of carbonyl (C=O) groups is 1. The number of methoxy groups -OCH3 is 1. The van der Waals surface area contributed by atoms with Crippen molar-refractivity contribution in [1.29, 1.82) is 0 Å². The monoisotopic (exact) mass is 475 g/mol. The molecule has 0 aromatic heterocycles. The van der Waals surface area contributed by atoms with Crippen LogP contribution in [0.25, 0.3) is 5.70 Å². The maximum absolute atomic E-state index is 14.5. The third-order valence-corrected chi connectivity index (χ3v) is 5.69. The van der Waals surface area contributed by atoms with Crippen molar-refractivity contribution in [3.8, 4) is 5.75 Å². The molecule has 7 nitrogen and oxygen atoms in total. The summed E-state index contributed by atoms with van der Waals surface area (Å²) < 4.78 is 32.7. The van der Waals surface area contributed by atoms with Gasteiger partial charge in [0.15, 0.2) is 11.6 Å². The number of ether oxygens (including phenoxy) is 1. The molecule has 9 heteroatoms. The van der Waals surface area contributed by atoms with Crippen LogP contribution in [0.5, 0.6) is 5.75 Å². The number of carbonyl (C=O) groups excluding carboxylic acids is 1. The summed E-state index contributed by atoms with van der Waals surface area (Å²) in [6, 6.07) is 10.9. The highest BCUT2D eigenvalue weighted by molar-refractivity contribution is 5.84. The van der Waals surface area contributed by atoms with Gasteiger partial charge in [0, 0.05) is 31.6 Å². The second-order valence-corrected chi connectivity index (χ2v) is 8.00. The van der Waals surface area contributed by atoms with Crippen molar-refractivity contribution in [1.82, 2.24) is 14.9 Å². The minimum Gasteiger partial charge on any atom is -0.494 e. The van der Waals surface area contributed by atoms with Crippen LogP contribution < -0.4 is 4.74 Å². The Morgan fingerprint density at radius 1 is 1.03 bits per heavy atom. The van der Waals surface area contributed by atoms with Crippen LogP contribution in [0.1, 0.15) is 24.0 Å². The van der Waals surface area contributed by atoms with Gasteiger partial charge in [-0.3, -0.25) is 19.7 Å². The van der Waals surface area contributed by atoms with E-state index in [9.17, 15) is 23.8 Å². The van der Waals surface area contributed by atoms with Crippen molar-refractivity contribution >= 4 is 11.6 Å². The molecule has 0 atom stereocenters. The van der Waals surface area contributed by atoms with Crippen LogP contribution in [-0.2, 0) is 11.2 Å². The maximum Gasteiger partial charge on any atom is 0.245 e. The fraction of sp³-hybridized carbons (Fsp3) is 0.400. The number of aliphatic hydroxyl groups is 2. The number of amides is 1. The summed E-state index contributed by atoms with van der Waals surface area (Å²) in [5.74, 6) is -0.787. The quantitative estimate of drug-likeness (QED) is 0.492. The molecule has 2 aromatic carbocycles. The Hall–Kier alpha value is -3.01. The molecule has 0 bridgehead atoms. The first-order valence-electron chi connectivity index (χ1n) is 11.3. The smallest absolute Gasteiger partial charge is 0.245 e. The van der Waals surface area contributed by atoms with E-state index in [4.69, 9.17) is 4.74 Å². The molecule has 1 aliphatic rings. The van der Waals surface area contributed by atoms with Gasteiger partial charge >= 0.3 is 0 Å². The summed E-state index contributed by atoms with van der Waals surface area (Å²) in [7, 11) is 1.40. The van der Waals surface area contributed by atoms with E-state index < -0.39 is 5.82 Å². The zero-order valence-electron chi connectivity index (χ0n) is 19.3. The molecule has 0 fully saturated rings. The minimum atomic E-state index is -0.511. The number of rotatable bonds is 12. The van der Waals surface area contributed by atoms with Crippen molar-refractivity contribution in [2.45, 2.75) is 19.3 Å². The number of benzene rings is 2. The van der Waals surface area contributed by atoms with Crippen molar-refractivity contribution < 1.29 is 28.5 Å². The van der Waals surface area contributed by atoms with Gasteiger partial charge in [0.1, 0.15) is 5.82 Å². The largest absolute Gasteiger partial charge is 0.494 e. The lowest BCUT2D eigenvalue weighted by molar-refractivity contribution is -0.147. The average Bonchev–Trinajstić information content (AvgIpc) is 2.82. The molecular formula is C25H31F2N3O4. The van der Waals surface area contributed by atoms with E-state index in [2.05, 4.69) is 0 Å². The minimum absolute atomic E-state index is 0.107. The molecule has 1 heterocycles. The fourth-order valence-corrected chi connectivity index (χ4v) is 3.96. The predicted molar refractivity (Wildman–Crippen MR) is 124 cm³/mol. The molecule has 2 aromatic rings. The lowest BCUT2D eigenvalue weighted by atomic mass is 10.1. The Morgan fingerprint density at radius 3 is 2.35 bits per heavy atom. The van der Waals surface area contributed by atoms with Crippen LogP contribution in [0.3, 0.4) is 0 Å². The summed E-state index contributed by atoms with van der Waals surface area (Å²) in [5, 5.41) is 22.3. The zero-order valence-corrected chi connectivity index (χ0v) is 19.3.